The van der Waals surface area contributed by atoms with E-state index in [1.165, 1.54) is 0 Å². The Balaban J connectivity index is 2.06. The van der Waals surface area contributed by atoms with Crippen molar-refractivity contribution in [1.29, 1.82) is 0 Å². The maximum atomic E-state index is 11.8. The molecule has 0 atom stereocenters. The van der Waals surface area contributed by atoms with Gasteiger partial charge < -0.3 is 10.0 Å². The van der Waals surface area contributed by atoms with E-state index in [0.29, 0.717) is 24.4 Å². The van der Waals surface area contributed by atoms with Crippen molar-refractivity contribution in [1.82, 2.24) is 0 Å². The Hall–Kier alpha value is -1.56. The number of anilines is 1. The molecule has 6 heteroatoms. The van der Waals surface area contributed by atoms with Crippen LogP contribution in [0.2, 0.25) is 0 Å². The van der Waals surface area contributed by atoms with Gasteiger partial charge in [-0.3, -0.25) is 4.79 Å². The van der Waals surface area contributed by atoms with E-state index in [0.717, 1.165) is 5.69 Å². The van der Waals surface area contributed by atoms with Crippen LogP contribution in [0.25, 0.3) is 0 Å². The third-order valence-corrected chi connectivity index (χ3v) is 5.20. The maximum absolute atomic E-state index is 11.8. The number of hydrogen-bond acceptors (Lipinski definition) is 4. The van der Waals surface area contributed by atoms with Crippen molar-refractivity contribution in [3.63, 3.8) is 0 Å². The van der Waals surface area contributed by atoms with Crippen molar-refractivity contribution in [2.24, 2.45) is 5.92 Å². The standard InChI is InChI=1S/C13H17NO4S/c1-2-7-19(17,18)12-5-3-11(4-6-12)14-8-10(9-14)13(15)16/h3-6,10H,2,7-9H2,1H3,(H,15,16). The molecule has 1 fully saturated rings. The second kappa shape index (κ2) is 5.21. The highest BCUT2D eigenvalue weighted by Crippen LogP contribution is 2.26. The van der Waals surface area contributed by atoms with Gasteiger partial charge >= 0.3 is 5.97 Å². The maximum Gasteiger partial charge on any atom is 0.310 e. The number of carboxylic acids is 1. The minimum atomic E-state index is -3.18. The molecule has 1 heterocycles. The number of hydrogen-bond donors (Lipinski definition) is 1. The van der Waals surface area contributed by atoms with E-state index < -0.39 is 15.8 Å². The third kappa shape index (κ3) is 2.89. The van der Waals surface area contributed by atoms with Gasteiger partial charge in [0.25, 0.3) is 0 Å². The van der Waals surface area contributed by atoms with Gasteiger partial charge in [0.05, 0.1) is 16.6 Å². The Labute approximate surface area is 112 Å². The summed E-state index contributed by atoms with van der Waals surface area (Å²) in [5, 5.41) is 8.80. The lowest BCUT2D eigenvalue weighted by molar-refractivity contribution is -0.142. The second-order valence-corrected chi connectivity index (χ2v) is 6.86. The van der Waals surface area contributed by atoms with Crippen LogP contribution in [0.3, 0.4) is 0 Å². The summed E-state index contributed by atoms with van der Waals surface area (Å²) in [6.45, 7) is 2.80. The number of carboxylic acid groups (broad SMARTS) is 1. The first-order valence-corrected chi connectivity index (χ1v) is 7.90. The fourth-order valence-corrected chi connectivity index (χ4v) is 3.42. The van der Waals surface area contributed by atoms with Crippen molar-refractivity contribution in [2.75, 3.05) is 23.7 Å². The zero-order valence-corrected chi connectivity index (χ0v) is 11.6. The van der Waals surface area contributed by atoms with E-state index in [2.05, 4.69) is 0 Å². The molecule has 1 aliphatic rings. The smallest absolute Gasteiger partial charge is 0.310 e. The highest BCUT2D eigenvalue weighted by atomic mass is 32.2. The van der Waals surface area contributed by atoms with Gasteiger partial charge in [-0.2, -0.15) is 0 Å². The second-order valence-electron chi connectivity index (χ2n) is 4.75. The monoisotopic (exact) mass is 283 g/mol. The summed E-state index contributed by atoms with van der Waals surface area (Å²) in [4.78, 5) is 13.0. The van der Waals surface area contributed by atoms with Crippen LogP contribution in [0.5, 0.6) is 0 Å². The highest BCUT2D eigenvalue weighted by molar-refractivity contribution is 7.91. The molecule has 0 aliphatic carbocycles. The normalized spacial score (nSPS) is 16.2. The van der Waals surface area contributed by atoms with Gasteiger partial charge in [-0.25, -0.2) is 8.42 Å². The molecular weight excluding hydrogens is 266 g/mol. The van der Waals surface area contributed by atoms with Crippen molar-refractivity contribution in [3.05, 3.63) is 24.3 Å². The summed E-state index contributed by atoms with van der Waals surface area (Å²) in [7, 11) is -3.18. The summed E-state index contributed by atoms with van der Waals surface area (Å²) in [5.74, 6) is -0.946. The molecule has 0 amide bonds. The first-order valence-electron chi connectivity index (χ1n) is 6.24. The molecule has 1 aromatic carbocycles. The quantitative estimate of drug-likeness (QED) is 0.884. The lowest BCUT2D eigenvalue weighted by atomic mass is 10.00. The van der Waals surface area contributed by atoms with Gasteiger partial charge in [-0.15, -0.1) is 0 Å². The van der Waals surface area contributed by atoms with E-state index in [9.17, 15) is 13.2 Å². The van der Waals surface area contributed by atoms with Crippen LogP contribution in [0.4, 0.5) is 5.69 Å². The predicted molar refractivity (Wildman–Crippen MR) is 72.1 cm³/mol. The van der Waals surface area contributed by atoms with Crippen LogP contribution in [0, 0.1) is 5.92 Å². The highest BCUT2D eigenvalue weighted by Gasteiger charge is 2.32. The topological polar surface area (TPSA) is 74.7 Å². The summed E-state index contributed by atoms with van der Waals surface area (Å²) < 4.78 is 23.7. The Morgan fingerprint density at radius 3 is 2.37 bits per heavy atom. The lowest BCUT2D eigenvalue weighted by Crippen LogP contribution is -2.50. The molecule has 0 radical (unpaired) electrons. The van der Waals surface area contributed by atoms with E-state index in [1.807, 2.05) is 11.8 Å². The lowest BCUT2D eigenvalue weighted by Gasteiger charge is -2.38. The van der Waals surface area contributed by atoms with Crippen molar-refractivity contribution in [2.45, 2.75) is 18.2 Å². The van der Waals surface area contributed by atoms with Crippen LogP contribution >= 0.6 is 0 Å². The summed E-state index contributed by atoms with van der Waals surface area (Å²) in [6, 6.07) is 6.66. The Bertz CT molecular complexity index is 559. The molecule has 1 N–H and O–H groups in total. The summed E-state index contributed by atoms with van der Waals surface area (Å²) in [5.41, 5.74) is 0.868. The molecule has 1 aliphatic heterocycles. The van der Waals surface area contributed by atoms with Gasteiger partial charge in [-0.05, 0) is 30.7 Å². The van der Waals surface area contributed by atoms with Gasteiger partial charge in [-0.1, -0.05) is 6.92 Å². The van der Waals surface area contributed by atoms with Crippen molar-refractivity contribution in [3.8, 4) is 0 Å². The Kier molecular flexibility index (Phi) is 3.80. The van der Waals surface area contributed by atoms with Crippen LogP contribution < -0.4 is 4.90 Å². The molecule has 0 saturated carbocycles. The predicted octanol–water partition coefficient (Wildman–Crippen LogP) is 1.39. The van der Waals surface area contributed by atoms with Crippen LogP contribution in [0.15, 0.2) is 29.2 Å². The minimum absolute atomic E-state index is 0.150. The molecule has 5 nitrogen and oxygen atoms in total. The molecule has 19 heavy (non-hydrogen) atoms. The number of sulfone groups is 1. The van der Waals surface area contributed by atoms with Crippen LogP contribution in [0.1, 0.15) is 13.3 Å². The summed E-state index contributed by atoms with van der Waals surface area (Å²) >= 11 is 0. The van der Waals surface area contributed by atoms with E-state index >= 15 is 0 Å². The Morgan fingerprint density at radius 1 is 1.32 bits per heavy atom. The van der Waals surface area contributed by atoms with Gasteiger partial charge in [0.15, 0.2) is 9.84 Å². The van der Waals surface area contributed by atoms with Crippen molar-refractivity contribution < 1.29 is 18.3 Å². The summed E-state index contributed by atoms with van der Waals surface area (Å²) in [6.07, 6.45) is 0.594. The number of benzene rings is 1. The largest absolute Gasteiger partial charge is 0.481 e. The van der Waals surface area contributed by atoms with E-state index in [1.54, 1.807) is 24.3 Å². The average molecular weight is 283 g/mol. The minimum Gasteiger partial charge on any atom is -0.481 e. The van der Waals surface area contributed by atoms with Gasteiger partial charge in [0.1, 0.15) is 0 Å². The molecule has 104 valence electrons. The molecule has 1 aromatic rings. The molecule has 0 unspecified atom stereocenters. The van der Waals surface area contributed by atoms with Crippen molar-refractivity contribution >= 4 is 21.5 Å². The molecular formula is C13H17NO4S. The first-order chi connectivity index (χ1) is 8.94. The zero-order valence-electron chi connectivity index (χ0n) is 10.7. The fraction of sp³-hybridized carbons (Fsp3) is 0.462. The molecule has 2 rings (SSSR count). The van der Waals surface area contributed by atoms with Crippen LogP contribution in [-0.2, 0) is 14.6 Å². The number of rotatable bonds is 5. The van der Waals surface area contributed by atoms with Gasteiger partial charge in [0, 0.05) is 18.8 Å². The Morgan fingerprint density at radius 2 is 1.89 bits per heavy atom. The fourth-order valence-electron chi connectivity index (χ4n) is 2.10. The molecule has 0 bridgehead atoms. The SMILES string of the molecule is CCCS(=O)(=O)c1ccc(N2CC(C(=O)O)C2)cc1. The number of carbonyl (C=O) groups is 1. The molecule has 0 spiro atoms. The number of nitrogens with zero attached hydrogens (tertiary/aromatic N) is 1. The van der Waals surface area contributed by atoms with Gasteiger partial charge in [0.2, 0.25) is 0 Å². The molecule has 0 aromatic heterocycles. The zero-order chi connectivity index (χ0) is 14.0. The van der Waals surface area contributed by atoms with E-state index in [-0.39, 0.29) is 11.7 Å². The molecule has 1 saturated heterocycles. The number of aliphatic carboxylic acids is 1. The average Bonchev–Trinajstić information content (AvgIpc) is 2.27. The first kappa shape index (κ1) is 13.9. The van der Waals surface area contributed by atoms with E-state index in [4.69, 9.17) is 5.11 Å². The van der Waals surface area contributed by atoms with Crippen LogP contribution in [-0.4, -0.2) is 38.3 Å². The third-order valence-electron chi connectivity index (χ3n) is 3.26.